The van der Waals surface area contributed by atoms with Crippen LogP contribution in [0.2, 0.25) is 0 Å². The van der Waals surface area contributed by atoms with Gasteiger partial charge in [0.25, 0.3) is 0 Å². The molecule has 0 spiro atoms. The van der Waals surface area contributed by atoms with Crippen molar-refractivity contribution in [1.29, 1.82) is 0 Å². The summed E-state index contributed by atoms with van der Waals surface area (Å²) in [7, 11) is 1.77. The number of para-hydroxylation sites is 1. The lowest BCUT2D eigenvalue weighted by Gasteiger charge is -2.31. The van der Waals surface area contributed by atoms with E-state index < -0.39 is 0 Å². The van der Waals surface area contributed by atoms with Crippen molar-refractivity contribution in [2.45, 2.75) is 38.6 Å². The van der Waals surface area contributed by atoms with Gasteiger partial charge in [-0.05, 0) is 45.8 Å². The zero-order valence-electron chi connectivity index (χ0n) is 16.5. The number of benzene rings is 1. The fourth-order valence-corrected chi connectivity index (χ4v) is 4.01. The first-order valence-electron chi connectivity index (χ1n) is 9.91. The Morgan fingerprint density at radius 2 is 2.00 bits per heavy atom. The minimum atomic E-state index is 0.314. The molecule has 1 aliphatic rings. The van der Waals surface area contributed by atoms with Crippen LogP contribution in [0.5, 0.6) is 0 Å². The highest BCUT2D eigenvalue weighted by molar-refractivity contribution is 5.91. The molecule has 6 nitrogen and oxygen atoms in total. The topological polar surface area (TPSA) is 59.0 Å². The predicted octanol–water partition coefficient (Wildman–Crippen LogP) is 3.83. The number of aromatic amines is 1. The first kappa shape index (κ1) is 18.2. The van der Waals surface area contributed by atoms with Gasteiger partial charge in [0.1, 0.15) is 5.69 Å². The summed E-state index contributed by atoms with van der Waals surface area (Å²) in [5.41, 5.74) is 3.34. The van der Waals surface area contributed by atoms with Gasteiger partial charge < -0.3 is 14.6 Å². The van der Waals surface area contributed by atoms with Gasteiger partial charge >= 0.3 is 0 Å². The van der Waals surface area contributed by atoms with Gasteiger partial charge in [-0.25, -0.2) is 4.98 Å². The minimum Gasteiger partial charge on any atom is -0.383 e. The van der Waals surface area contributed by atoms with E-state index in [1.807, 2.05) is 6.20 Å². The van der Waals surface area contributed by atoms with Gasteiger partial charge in [-0.3, -0.25) is 4.68 Å². The Labute approximate surface area is 160 Å². The zero-order valence-corrected chi connectivity index (χ0v) is 16.5. The molecule has 2 aromatic heterocycles. The second kappa shape index (κ2) is 7.82. The largest absolute Gasteiger partial charge is 0.383 e. The third-order valence-electron chi connectivity index (χ3n) is 5.56. The molecule has 0 aliphatic carbocycles. The Bertz CT molecular complexity index is 889. The van der Waals surface area contributed by atoms with E-state index in [2.05, 4.69) is 57.7 Å². The summed E-state index contributed by atoms with van der Waals surface area (Å²) in [6.45, 7) is 8.39. The van der Waals surface area contributed by atoms with Crippen LogP contribution in [0.4, 0.5) is 0 Å². The minimum absolute atomic E-state index is 0.314. The summed E-state index contributed by atoms with van der Waals surface area (Å²) in [5.74, 6) is 1.42. The summed E-state index contributed by atoms with van der Waals surface area (Å²) in [4.78, 5) is 10.7. The van der Waals surface area contributed by atoms with E-state index in [4.69, 9.17) is 9.84 Å². The number of H-pyrrole nitrogens is 1. The van der Waals surface area contributed by atoms with E-state index in [1.54, 1.807) is 7.11 Å². The quantitative estimate of drug-likeness (QED) is 0.719. The first-order valence-corrected chi connectivity index (χ1v) is 9.91. The monoisotopic (exact) mass is 367 g/mol. The lowest BCUT2D eigenvalue weighted by molar-refractivity contribution is 0.130. The summed E-state index contributed by atoms with van der Waals surface area (Å²) in [6.07, 6.45) is 4.33. The van der Waals surface area contributed by atoms with E-state index in [-0.39, 0.29) is 0 Å². The van der Waals surface area contributed by atoms with E-state index in [1.165, 1.54) is 5.69 Å². The number of nitrogens with one attached hydrogen (secondary N) is 1. The summed E-state index contributed by atoms with van der Waals surface area (Å²) in [5, 5.41) is 6.02. The average molecular weight is 367 g/mol. The average Bonchev–Trinajstić information content (AvgIpc) is 3.31. The third kappa shape index (κ3) is 3.64. The molecule has 0 unspecified atom stereocenters. The zero-order chi connectivity index (χ0) is 18.8. The molecule has 1 N–H and O–H groups in total. The van der Waals surface area contributed by atoms with E-state index in [0.717, 1.165) is 61.5 Å². The molecule has 0 atom stereocenters. The third-order valence-corrected chi connectivity index (χ3v) is 5.56. The van der Waals surface area contributed by atoms with E-state index >= 15 is 0 Å². The van der Waals surface area contributed by atoms with Gasteiger partial charge in [0.15, 0.2) is 5.82 Å². The van der Waals surface area contributed by atoms with Gasteiger partial charge in [-0.2, -0.15) is 5.10 Å². The van der Waals surface area contributed by atoms with Crippen LogP contribution in [0.15, 0.2) is 30.5 Å². The number of rotatable bonds is 6. The number of hydrogen-bond acceptors (Lipinski definition) is 4. The predicted molar refractivity (Wildman–Crippen MR) is 108 cm³/mol. The van der Waals surface area contributed by atoms with Crippen molar-refractivity contribution in [2.75, 3.05) is 33.4 Å². The maximum atomic E-state index is 5.20. The number of aromatic nitrogens is 4. The number of nitrogens with zero attached hydrogens (tertiary/aromatic N) is 4. The Hall–Kier alpha value is -2.18. The molecule has 0 bridgehead atoms. The molecule has 3 aromatic rings. The van der Waals surface area contributed by atoms with Crippen molar-refractivity contribution in [3.8, 4) is 11.5 Å². The fourth-order valence-electron chi connectivity index (χ4n) is 4.01. The molecule has 0 radical (unpaired) electrons. The Kier molecular flexibility index (Phi) is 5.27. The smallest absolute Gasteiger partial charge is 0.158 e. The number of methoxy groups -OCH3 is 1. The number of imidazole rings is 1. The second-order valence-electron chi connectivity index (χ2n) is 7.70. The second-order valence-corrected chi connectivity index (χ2v) is 7.70. The van der Waals surface area contributed by atoms with Crippen molar-refractivity contribution in [2.24, 2.45) is 0 Å². The molecule has 1 aromatic carbocycles. The van der Waals surface area contributed by atoms with Crippen molar-refractivity contribution in [3.05, 3.63) is 36.2 Å². The lowest BCUT2D eigenvalue weighted by atomic mass is 9.94. The van der Waals surface area contributed by atoms with Crippen LogP contribution in [0.3, 0.4) is 0 Å². The molecule has 1 fully saturated rings. The molecule has 144 valence electrons. The van der Waals surface area contributed by atoms with Crippen molar-refractivity contribution < 1.29 is 4.74 Å². The number of hydrogen-bond donors (Lipinski definition) is 1. The number of fused-ring (bicyclic) bond motifs is 1. The summed E-state index contributed by atoms with van der Waals surface area (Å²) < 4.78 is 7.28. The van der Waals surface area contributed by atoms with Crippen LogP contribution in [0, 0.1) is 0 Å². The molecule has 1 aliphatic heterocycles. The van der Waals surface area contributed by atoms with Gasteiger partial charge in [-0.1, -0.05) is 18.2 Å². The Balaban J connectivity index is 1.55. The molecule has 6 heteroatoms. The van der Waals surface area contributed by atoms with Gasteiger partial charge in [-0.15, -0.1) is 0 Å². The van der Waals surface area contributed by atoms with Crippen molar-refractivity contribution >= 4 is 10.9 Å². The standard InChI is InChI=1S/C21H29N5O/c1-15(2)26-19-7-5-4-6-17(19)20(24-26)21-22-14-18(23-21)16-8-10-25(11-9-16)12-13-27-3/h4-7,14-16H,8-13H2,1-3H3,(H,22,23). The Morgan fingerprint density at radius 1 is 1.22 bits per heavy atom. The van der Waals surface area contributed by atoms with Crippen LogP contribution in [-0.2, 0) is 4.74 Å². The van der Waals surface area contributed by atoms with Gasteiger partial charge in [0, 0.05) is 42.9 Å². The highest BCUT2D eigenvalue weighted by atomic mass is 16.5. The van der Waals surface area contributed by atoms with Gasteiger partial charge in [0.2, 0.25) is 0 Å². The maximum Gasteiger partial charge on any atom is 0.158 e. The number of ether oxygens (including phenoxy) is 1. The summed E-state index contributed by atoms with van der Waals surface area (Å²) >= 11 is 0. The number of piperidine rings is 1. The van der Waals surface area contributed by atoms with Crippen molar-refractivity contribution in [3.63, 3.8) is 0 Å². The molecule has 4 rings (SSSR count). The van der Waals surface area contributed by atoms with Crippen LogP contribution in [-0.4, -0.2) is 58.0 Å². The van der Waals surface area contributed by atoms with E-state index in [9.17, 15) is 0 Å². The first-order chi connectivity index (χ1) is 13.2. The molecule has 0 saturated carbocycles. The lowest BCUT2D eigenvalue weighted by Crippen LogP contribution is -2.35. The highest BCUT2D eigenvalue weighted by Crippen LogP contribution is 2.31. The van der Waals surface area contributed by atoms with Crippen LogP contribution < -0.4 is 0 Å². The highest BCUT2D eigenvalue weighted by Gasteiger charge is 2.23. The molecule has 27 heavy (non-hydrogen) atoms. The molecular weight excluding hydrogens is 338 g/mol. The number of likely N-dealkylation sites (tertiary alicyclic amines) is 1. The van der Waals surface area contributed by atoms with Crippen LogP contribution >= 0.6 is 0 Å². The fraction of sp³-hybridized carbons (Fsp3) is 0.524. The van der Waals surface area contributed by atoms with Gasteiger partial charge in [0.05, 0.1) is 12.1 Å². The summed E-state index contributed by atoms with van der Waals surface area (Å²) in [6, 6.07) is 8.71. The molecular formula is C21H29N5O. The van der Waals surface area contributed by atoms with Crippen LogP contribution in [0.1, 0.15) is 44.3 Å². The maximum absolute atomic E-state index is 5.20. The van der Waals surface area contributed by atoms with Crippen LogP contribution in [0.25, 0.3) is 22.4 Å². The normalized spacial score (nSPS) is 16.6. The molecule has 0 amide bonds. The molecule has 3 heterocycles. The van der Waals surface area contributed by atoms with E-state index in [0.29, 0.717) is 12.0 Å². The Morgan fingerprint density at radius 3 is 2.74 bits per heavy atom. The molecule has 1 saturated heterocycles. The SMILES string of the molecule is COCCN1CCC(c2cnc(-c3nn(C(C)C)c4ccccc34)[nH]2)CC1. The van der Waals surface area contributed by atoms with Crippen molar-refractivity contribution in [1.82, 2.24) is 24.6 Å².